The number of fused-ring (bicyclic) bond motifs is 7. The van der Waals surface area contributed by atoms with Crippen LogP contribution in [0.15, 0.2) is 91.1 Å². The fourth-order valence-corrected chi connectivity index (χ4v) is 4.17. The number of benzene rings is 4. The molecule has 4 aromatic carbocycles. The first-order chi connectivity index (χ1) is 12.9. The highest BCUT2D eigenvalue weighted by Crippen LogP contribution is 2.35. The first-order valence-electron chi connectivity index (χ1n) is 8.89. The third-order valence-electron chi connectivity index (χ3n) is 5.38. The van der Waals surface area contributed by atoms with Crippen LogP contribution < -0.4 is 0 Å². The maximum Gasteiger partial charge on any atom is 0.0544 e. The average molecular weight is 332 g/mol. The Hall–Kier alpha value is -3.52. The Morgan fingerprint density at radius 3 is 2.19 bits per heavy atom. The van der Waals surface area contributed by atoms with Gasteiger partial charge in [0.2, 0.25) is 0 Å². The molecule has 0 radical (unpaired) electrons. The molecule has 2 nitrogen and oxygen atoms in total. The van der Waals surface area contributed by atoms with Gasteiger partial charge in [0.1, 0.15) is 0 Å². The molecule has 0 aliphatic heterocycles. The summed E-state index contributed by atoms with van der Waals surface area (Å²) in [5, 5.41) is 6.42. The molecule has 0 aliphatic rings. The zero-order valence-corrected chi connectivity index (χ0v) is 14.1. The number of hydrogen-bond acceptors (Lipinski definition) is 0. The number of nitrogens with one attached hydrogen (secondary N) is 1. The normalized spacial score (nSPS) is 11.8. The summed E-state index contributed by atoms with van der Waals surface area (Å²) in [6.45, 7) is 0. The summed E-state index contributed by atoms with van der Waals surface area (Å²) in [6, 6.07) is 30.2. The Balaban J connectivity index is 1.72. The summed E-state index contributed by atoms with van der Waals surface area (Å²) >= 11 is 0. The first-order valence-corrected chi connectivity index (χ1v) is 8.89. The predicted molar refractivity (Wildman–Crippen MR) is 110 cm³/mol. The Morgan fingerprint density at radius 2 is 1.27 bits per heavy atom. The lowest BCUT2D eigenvalue weighted by Gasteiger charge is -2.07. The van der Waals surface area contributed by atoms with Gasteiger partial charge < -0.3 is 9.55 Å². The molecule has 0 spiro atoms. The minimum atomic E-state index is 1.19. The monoisotopic (exact) mass is 332 g/mol. The maximum absolute atomic E-state index is 3.62. The molecule has 0 saturated heterocycles. The van der Waals surface area contributed by atoms with Crippen LogP contribution in [0.3, 0.4) is 0 Å². The van der Waals surface area contributed by atoms with E-state index in [1.165, 1.54) is 49.2 Å². The molecule has 6 rings (SSSR count). The van der Waals surface area contributed by atoms with Gasteiger partial charge in [0.25, 0.3) is 0 Å². The molecule has 2 heteroatoms. The molecule has 6 aromatic rings. The van der Waals surface area contributed by atoms with E-state index in [-0.39, 0.29) is 0 Å². The average Bonchev–Trinajstić information content (AvgIpc) is 3.30. The molecule has 0 amide bonds. The van der Waals surface area contributed by atoms with Gasteiger partial charge in [0.05, 0.1) is 11.0 Å². The zero-order chi connectivity index (χ0) is 17.1. The summed E-state index contributed by atoms with van der Waals surface area (Å²) in [4.78, 5) is 3.62. The van der Waals surface area contributed by atoms with Crippen molar-refractivity contribution < 1.29 is 0 Å². The second-order valence-corrected chi connectivity index (χ2v) is 6.77. The molecule has 26 heavy (non-hydrogen) atoms. The van der Waals surface area contributed by atoms with Crippen LogP contribution in [-0.2, 0) is 0 Å². The quantitative estimate of drug-likeness (QED) is 0.359. The smallest absolute Gasteiger partial charge is 0.0544 e. The topological polar surface area (TPSA) is 20.7 Å². The van der Waals surface area contributed by atoms with E-state index in [1.807, 2.05) is 0 Å². The van der Waals surface area contributed by atoms with Crippen molar-refractivity contribution in [3.8, 4) is 5.69 Å². The van der Waals surface area contributed by atoms with Gasteiger partial charge in [-0.25, -0.2) is 0 Å². The third-order valence-corrected chi connectivity index (χ3v) is 5.38. The van der Waals surface area contributed by atoms with Gasteiger partial charge in [-0.1, -0.05) is 54.6 Å². The van der Waals surface area contributed by atoms with Crippen molar-refractivity contribution in [3.63, 3.8) is 0 Å². The number of nitrogens with zero attached hydrogens (tertiary/aromatic N) is 1. The zero-order valence-electron chi connectivity index (χ0n) is 14.1. The molecule has 122 valence electrons. The standard InChI is InChI=1S/C24H16N2/c1-2-6-16(7-3-1)26-15-14-19-17-10-11-21-18-8-4-5-9-22(18)25-24(21)20(17)12-13-23(19)26/h1-15,25H. The van der Waals surface area contributed by atoms with Crippen LogP contribution in [0.4, 0.5) is 0 Å². The van der Waals surface area contributed by atoms with Crippen LogP contribution in [0.2, 0.25) is 0 Å². The summed E-state index contributed by atoms with van der Waals surface area (Å²) in [7, 11) is 0. The van der Waals surface area contributed by atoms with Gasteiger partial charge in [-0.15, -0.1) is 0 Å². The van der Waals surface area contributed by atoms with E-state index in [4.69, 9.17) is 0 Å². The Morgan fingerprint density at radius 1 is 0.538 bits per heavy atom. The molecular weight excluding hydrogens is 316 g/mol. The highest BCUT2D eigenvalue weighted by Gasteiger charge is 2.11. The molecule has 0 bridgehead atoms. The largest absolute Gasteiger partial charge is 0.354 e. The highest BCUT2D eigenvalue weighted by molar-refractivity contribution is 6.21. The van der Waals surface area contributed by atoms with Crippen LogP contribution >= 0.6 is 0 Å². The van der Waals surface area contributed by atoms with Crippen LogP contribution in [-0.4, -0.2) is 9.55 Å². The van der Waals surface area contributed by atoms with E-state index in [0.29, 0.717) is 0 Å². The van der Waals surface area contributed by atoms with E-state index in [1.54, 1.807) is 0 Å². The Labute approximate surface area is 150 Å². The summed E-state index contributed by atoms with van der Waals surface area (Å²) in [5.74, 6) is 0. The SMILES string of the molecule is c1ccc(-n2ccc3c4ccc5c6ccccc6[nH]c5c4ccc32)cc1. The molecular formula is C24H16N2. The molecule has 2 aromatic heterocycles. The van der Waals surface area contributed by atoms with E-state index >= 15 is 0 Å². The minimum absolute atomic E-state index is 1.19. The van der Waals surface area contributed by atoms with Crippen LogP contribution in [0.5, 0.6) is 0 Å². The van der Waals surface area contributed by atoms with E-state index in [0.717, 1.165) is 0 Å². The van der Waals surface area contributed by atoms with Crippen LogP contribution in [0, 0.1) is 0 Å². The molecule has 0 saturated carbocycles. The van der Waals surface area contributed by atoms with Crippen molar-refractivity contribution in [1.82, 2.24) is 9.55 Å². The van der Waals surface area contributed by atoms with Crippen LogP contribution in [0.25, 0.3) is 49.2 Å². The third kappa shape index (κ3) is 1.76. The highest BCUT2D eigenvalue weighted by atomic mass is 15.0. The van der Waals surface area contributed by atoms with Gasteiger partial charge in [-0.3, -0.25) is 0 Å². The predicted octanol–water partition coefficient (Wildman–Crippen LogP) is 6.42. The number of rotatable bonds is 1. The van der Waals surface area contributed by atoms with Crippen molar-refractivity contribution >= 4 is 43.5 Å². The van der Waals surface area contributed by atoms with Crippen molar-refractivity contribution in [2.75, 3.05) is 0 Å². The van der Waals surface area contributed by atoms with Gasteiger partial charge in [0.15, 0.2) is 0 Å². The molecule has 0 aliphatic carbocycles. The molecule has 0 atom stereocenters. The lowest BCUT2D eigenvalue weighted by molar-refractivity contribution is 1.13. The number of aromatic nitrogens is 2. The molecule has 0 unspecified atom stereocenters. The van der Waals surface area contributed by atoms with Gasteiger partial charge >= 0.3 is 0 Å². The number of para-hydroxylation sites is 2. The van der Waals surface area contributed by atoms with E-state index < -0.39 is 0 Å². The lowest BCUT2D eigenvalue weighted by Crippen LogP contribution is -1.90. The van der Waals surface area contributed by atoms with Crippen molar-refractivity contribution in [2.45, 2.75) is 0 Å². The second kappa shape index (κ2) is 4.99. The Kier molecular flexibility index (Phi) is 2.64. The maximum atomic E-state index is 3.62. The minimum Gasteiger partial charge on any atom is -0.354 e. The molecule has 0 fully saturated rings. The number of H-pyrrole nitrogens is 1. The number of hydrogen-bond donors (Lipinski definition) is 1. The van der Waals surface area contributed by atoms with Crippen molar-refractivity contribution in [2.24, 2.45) is 0 Å². The summed E-state index contributed by atoms with van der Waals surface area (Å²) in [6.07, 6.45) is 2.16. The lowest BCUT2D eigenvalue weighted by atomic mass is 10.0. The fraction of sp³-hybridized carbons (Fsp3) is 0. The van der Waals surface area contributed by atoms with E-state index in [2.05, 4.69) is 101 Å². The van der Waals surface area contributed by atoms with Crippen molar-refractivity contribution in [1.29, 1.82) is 0 Å². The molecule has 1 N–H and O–H groups in total. The fourth-order valence-electron chi connectivity index (χ4n) is 4.17. The summed E-state index contributed by atoms with van der Waals surface area (Å²) < 4.78 is 2.25. The number of aromatic amines is 1. The van der Waals surface area contributed by atoms with Gasteiger partial charge in [-0.05, 0) is 35.7 Å². The Bertz CT molecular complexity index is 1420. The van der Waals surface area contributed by atoms with Crippen molar-refractivity contribution in [3.05, 3.63) is 91.1 Å². The van der Waals surface area contributed by atoms with Gasteiger partial charge in [-0.2, -0.15) is 0 Å². The second-order valence-electron chi connectivity index (χ2n) is 6.77. The van der Waals surface area contributed by atoms with E-state index in [9.17, 15) is 0 Å². The van der Waals surface area contributed by atoms with Gasteiger partial charge in [0, 0.05) is 38.9 Å². The van der Waals surface area contributed by atoms with Crippen LogP contribution in [0.1, 0.15) is 0 Å². The summed E-state index contributed by atoms with van der Waals surface area (Å²) in [5.41, 5.74) is 4.84. The molecule has 2 heterocycles. The first kappa shape index (κ1) is 13.7.